The maximum atomic E-state index is 13.9. The van der Waals surface area contributed by atoms with Gasteiger partial charge in [0.1, 0.15) is 12.8 Å². The summed E-state index contributed by atoms with van der Waals surface area (Å²) in [5.41, 5.74) is 0. The molecule has 0 heterocycles. The molecule has 0 aromatic rings. The molecule has 54 heavy (non-hydrogen) atoms. The number of rotatable bonds is 12. The van der Waals surface area contributed by atoms with Crippen molar-refractivity contribution in [2.24, 2.45) is 0 Å². The average Bonchev–Trinajstić information content (AvgIpc) is 2.86. The van der Waals surface area contributed by atoms with Crippen LogP contribution in [0.1, 0.15) is 12.8 Å². The first-order chi connectivity index (χ1) is 23.2. The van der Waals surface area contributed by atoms with E-state index in [2.05, 4.69) is 28.7 Å². The third-order valence-electron chi connectivity index (χ3n) is 4.99. The summed E-state index contributed by atoms with van der Waals surface area (Å²) in [6, 6.07) is 0. The average molecular weight is 882 g/mol. The Kier molecular flexibility index (Phi) is 14.2. The summed E-state index contributed by atoms with van der Waals surface area (Å²) in [6.07, 6.45) is -79.0. The van der Waals surface area contributed by atoms with Gasteiger partial charge in [-0.05, 0) is 0 Å². The Morgan fingerprint density at radius 1 is 0.296 bits per heavy atom. The van der Waals surface area contributed by atoms with Crippen LogP contribution in [0.5, 0.6) is 0 Å². The predicted octanol–water partition coefficient (Wildman–Crippen LogP) is 8.65. The summed E-state index contributed by atoms with van der Waals surface area (Å²) in [4.78, 5) is 28.8. The minimum absolute atomic E-state index is 2.26. The molecule has 0 aliphatic carbocycles. The van der Waals surface area contributed by atoms with E-state index in [-0.39, 0.29) is 0 Å². The largest absolute Gasteiger partial charge is 0.458 e. The van der Waals surface area contributed by atoms with Gasteiger partial charge in [0.25, 0.3) is 0 Å². The van der Waals surface area contributed by atoms with Gasteiger partial charge in [0, 0.05) is 0 Å². The van der Waals surface area contributed by atoms with Crippen LogP contribution in [0, 0.1) is 0 Å². The molecule has 0 N–H and O–H groups in total. The van der Waals surface area contributed by atoms with Crippen LogP contribution in [0.2, 0.25) is 0 Å². The van der Waals surface area contributed by atoms with Crippen molar-refractivity contribution >= 4 is 11.9 Å². The summed E-state index contributed by atoms with van der Waals surface area (Å²) >= 11 is 0. The third-order valence-corrected chi connectivity index (χ3v) is 4.99. The lowest BCUT2D eigenvalue weighted by molar-refractivity contribution is -0.496. The molecule has 0 saturated heterocycles. The Morgan fingerprint density at radius 2 is 0.426 bits per heavy atom. The second kappa shape index (κ2) is 15.1. The van der Waals surface area contributed by atoms with Crippen LogP contribution in [0.15, 0.2) is 0 Å². The molecule has 0 rings (SSSR count). The summed E-state index contributed by atoms with van der Waals surface area (Å²) in [6.45, 7) is 0. The predicted molar refractivity (Wildman–Crippen MR) is 97.1 cm³/mol. The van der Waals surface area contributed by atoms with Gasteiger partial charge in [0.2, 0.25) is 0 Å². The van der Waals surface area contributed by atoms with Crippen molar-refractivity contribution in [1.29, 1.82) is 0 Å². The van der Waals surface area contributed by atoms with E-state index < -0.39 is 110 Å². The third kappa shape index (κ3) is 10.8. The van der Waals surface area contributed by atoms with Gasteiger partial charge < -0.3 is 18.9 Å². The maximum Gasteiger partial charge on any atom is 0.458 e. The van der Waals surface area contributed by atoms with Crippen molar-refractivity contribution in [3.05, 3.63) is 0 Å². The SMILES string of the molecule is O=C(CC(OC(F)(C(F)(F)F)C(F)(F)F)OC(F)(C(F)(F)F)C(F)(F)F)OOC(=O)CC(OC(F)(C(F)(F)F)C(F)(F)F)OC(F)(C(F)(F)F)C(F)(F)F. The molecule has 0 atom stereocenters. The van der Waals surface area contributed by atoms with Gasteiger partial charge in [-0.3, -0.25) is 0 Å². The topological polar surface area (TPSA) is 89.5 Å². The van der Waals surface area contributed by atoms with E-state index in [0.717, 1.165) is 0 Å². The van der Waals surface area contributed by atoms with Gasteiger partial charge in [-0.15, -0.1) is 0 Å². The number of carbonyl (C=O) groups excluding carboxylic acids is 2. The fraction of sp³-hybridized carbons (Fsp3) is 0.889. The minimum Gasteiger partial charge on any atom is -0.301 e. The highest BCUT2D eigenvalue weighted by Gasteiger charge is 2.80. The monoisotopic (exact) mass is 882 g/mol. The molecule has 0 aliphatic rings. The number of halogens is 28. The van der Waals surface area contributed by atoms with Crippen molar-refractivity contribution < 1.29 is 161 Å². The van der Waals surface area contributed by atoms with Gasteiger partial charge in [-0.25, -0.2) is 19.4 Å². The lowest BCUT2D eigenvalue weighted by atomic mass is 10.2. The Morgan fingerprint density at radius 3 is 0.537 bits per heavy atom. The Balaban J connectivity index is 6.83. The van der Waals surface area contributed by atoms with Crippen LogP contribution >= 0.6 is 0 Å². The maximum absolute atomic E-state index is 13.9. The molecule has 0 spiro atoms. The van der Waals surface area contributed by atoms with Gasteiger partial charge in [0.15, 0.2) is 12.6 Å². The molecule has 0 aliphatic heterocycles. The zero-order valence-corrected chi connectivity index (χ0v) is 23.4. The fourth-order valence-electron chi connectivity index (χ4n) is 2.55. The standard InChI is InChI=1S/C18H6F28O8/c19-7(11(23,24)25,12(26,27)28)49-5(50-8(20,13(29,30)31)14(32,33)34)1-3(47)53-54-4(48)2-6(51-9(21,15(35,36)37)16(38,39)40)52-10(22,17(41,42)43)18(44,45)46/h5-6H,1-2H2. The molecule has 0 aromatic heterocycles. The number of hydrogen-bond donors (Lipinski definition) is 0. The number of alkyl halides is 28. The minimum atomic E-state index is -7.69. The smallest absolute Gasteiger partial charge is 0.301 e. The molecule has 0 radical (unpaired) electrons. The molecular weight excluding hydrogens is 876 g/mol. The quantitative estimate of drug-likeness (QED) is 0.0834. The Labute approximate surface area is 273 Å². The van der Waals surface area contributed by atoms with Crippen molar-refractivity contribution in [1.82, 2.24) is 0 Å². The Bertz CT molecular complexity index is 1050. The van der Waals surface area contributed by atoms with Gasteiger partial charge >= 0.3 is 84.8 Å². The summed E-state index contributed by atoms with van der Waals surface area (Å²) in [5.74, 6) is -37.2. The van der Waals surface area contributed by atoms with E-state index in [1.807, 2.05) is 0 Å². The normalized spacial score (nSPS) is 15.6. The first-order valence-electron chi connectivity index (χ1n) is 11.6. The summed E-state index contributed by atoms with van der Waals surface area (Å²) < 4.78 is 370. The summed E-state index contributed by atoms with van der Waals surface area (Å²) in [5, 5.41) is 0. The molecule has 36 heteroatoms. The van der Waals surface area contributed by atoms with Crippen molar-refractivity contribution in [3.8, 4) is 0 Å². The van der Waals surface area contributed by atoms with Crippen molar-refractivity contribution in [2.45, 2.75) is 98.3 Å². The van der Waals surface area contributed by atoms with E-state index in [0.29, 0.717) is 0 Å². The van der Waals surface area contributed by atoms with E-state index in [1.165, 1.54) is 0 Å². The molecule has 8 nitrogen and oxygen atoms in total. The van der Waals surface area contributed by atoms with Crippen molar-refractivity contribution in [2.75, 3.05) is 0 Å². The zero-order chi connectivity index (χ0) is 44.0. The molecule has 322 valence electrons. The molecule has 0 fully saturated rings. The van der Waals surface area contributed by atoms with Crippen LogP contribution in [-0.4, -0.2) is 97.3 Å². The molecular formula is C18H6F28O8. The number of carbonyl (C=O) groups is 2. The van der Waals surface area contributed by atoms with Gasteiger partial charge in [0.05, 0.1) is 0 Å². The van der Waals surface area contributed by atoms with Gasteiger partial charge in [-0.1, -0.05) is 0 Å². The van der Waals surface area contributed by atoms with Crippen LogP contribution in [0.4, 0.5) is 123 Å². The number of ether oxygens (including phenoxy) is 4. The first kappa shape index (κ1) is 50.8. The highest BCUT2D eigenvalue weighted by Crippen LogP contribution is 2.53. The van der Waals surface area contributed by atoms with Crippen molar-refractivity contribution in [3.63, 3.8) is 0 Å². The molecule has 0 aromatic carbocycles. The highest BCUT2D eigenvalue weighted by atomic mass is 19.5. The Hall–Kier alpha value is -3.18. The second-order valence-corrected chi connectivity index (χ2v) is 9.01. The van der Waals surface area contributed by atoms with E-state index in [4.69, 9.17) is 0 Å². The number of hydrogen-bond acceptors (Lipinski definition) is 8. The molecule has 0 amide bonds. The molecule has 0 unspecified atom stereocenters. The lowest BCUT2D eigenvalue weighted by Gasteiger charge is -2.36. The summed E-state index contributed by atoms with van der Waals surface area (Å²) in [7, 11) is 0. The second-order valence-electron chi connectivity index (χ2n) is 9.01. The zero-order valence-electron chi connectivity index (χ0n) is 23.4. The van der Waals surface area contributed by atoms with Crippen LogP contribution < -0.4 is 0 Å². The molecule has 0 bridgehead atoms. The highest BCUT2D eigenvalue weighted by molar-refractivity contribution is 5.73. The lowest BCUT2D eigenvalue weighted by Crippen LogP contribution is -2.61. The van der Waals surface area contributed by atoms with E-state index >= 15 is 0 Å². The first-order valence-corrected chi connectivity index (χ1v) is 11.6. The van der Waals surface area contributed by atoms with Crippen LogP contribution in [0.3, 0.4) is 0 Å². The molecule has 0 saturated carbocycles. The van der Waals surface area contributed by atoms with Crippen LogP contribution in [0.25, 0.3) is 0 Å². The van der Waals surface area contributed by atoms with E-state index in [9.17, 15) is 133 Å². The van der Waals surface area contributed by atoms with Gasteiger partial charge in [-0.2, -0.15) is 123 Å². The van der Waals surface area contributed by atoms with E-state index in [1.54, 1.807) is 0 Å². The van der Waals surface area contributed by atoms with Crippen LogP contribution in [-0.2, 0) is 38.3 Å². The fourth-order valence-corrected chi connectivity index (χ4v) is 2.55.